The van der Waals surface area contributed by atoms with E-state index in [1.165, 1.54) is 5.56 Å². The van der Waals surface area contributed by atoms with Crippen LogP contribution in [0, 0.1) is 6.92 Å². The van der Waals surface area contributed by atoms with Gasteiger partial charge in [0, 0.05) is 44.9 Å². The molecule has 0 spiro atoms. The molecule has 1 aliphatic rings. The molecule has 1 fully saturated rings. The Morgan fingerprint density at radius 2 is 1.72 bits per heavy atom. The molecule has 7 nitrogen and oxygen atoms in total. The van der Waals surface area contributed by atoms with E-state index in [2.05, 4.69) is 31.2 Å². The summed E-state index contributed by atoms with van der Waals surface area (Å²) in [6.07, 6.45) is 1.32. The summed E-state index contributed by atoms with van der Waals surface area (Å²) in [5.41, 5.74) is 4.52. The summed E-state index contributed by atoms with van der Waals surface area (Å²) in [4.78, 5) is 28.6. The van der Waals surface area contributed by atoms with E-state index >= 15 is 0 Å². The van der Waals surface area contributed by atoms with E-state index in [1.54, 1.807) is 23.0 Å². The molecule has 7 heteroatoms. The number of ether oxygens (including phenoxy) is 1. The highest BCUT2D eigenvalue weighted by Crippen LogP contribution is 2.24. The number of hydrogen-bond donors (Lipinski definition) is 0. The number of furan rings is 1. The van der Waals surface area contributed by atoms with Crippen LogP contribution in [0.25, 0.3) is 11.1 Å². The number of nitrogens with zero attached hydrogens (tertiary/aromatic N) is 3. The number of hydrogen-bond acceptors (Lipinski definition) is 4. The minimum Gasteiger partial charge on any atom is -0.463 e. The van der Waals surface area contributed by atoms with E-state index in [0.717, 1.165) is 11.1 Å². The summed E-state index contributed by atoms with van der Waals surface area (Å²) in [5, 5.41) is 0. The van der Waals surface area contributed by atoms with E-state index in [0.29, 0.717) is 50.6 Å². The van der Waals surface area contributed by atoms with Gasteiger partial charge in [0.2, 0.25) is 0 Å². The van der Waals surface area contributed by atoms with Crippen molar-refractivity contribution >= 4 is 23.1 Å². The van der Waals surface area contributed by atoms with Crippen LogP contribution in [0.1, 0.15) is 28.5 Å². The van der Waals surface area contributed by atoms with Gasteiger partial charge >= 0.3 is 6.09 Å². The second kappa shape index (κ2) is 8.03. The first kappa shape index (κ1) is 19.1. The van der Waals surface area contributed by atoms with Crippen LogP contribution in [-0.2, 0) is 11.3 Å². The van der Waals surface area contributed by atoms with E-state index < -0.39 is 0 Å². The van der Waals surface area contributed by atoms with Gasteiger partial charge in [-0.3, -0.25) is 4.79 Å². The summed E-state index contributed by atoms with van der Waals surface area (Å²) in [6, 6.07) is 12.0. The van der Waals surface area contributed by atoms with Crippen molar-refractivity contribution in [1.29, 1.82) is 0 Å². The molecule has 1 aliphatic heterocycles. The molecule has 2 aromatic heterocycles. The van der Waals surface area contributed by atoms with Crippen LogP contribution in [0.2, 0.25) is 0 Å². The second-order valence-electron chi connectivity index (χ2n) is 7.25. The maximum absolute atomic E-state index is 13.3. The third-order valence-corrected chi connectivity index (χ3v) is 5.30. The quantitative estimate of drug-likeness (QED) is 0.678. The minimum atomic E-state index is -0.320. The van der Waals surface area contributed by atoms with E-state index in [-0.39, 0.29) is 12.0 Å². The summed E-state index contributed by atoms with van der Waals surface area (Å²) < 4.78 is 12.6. The Labute approximate surface area is 169 Å². The van der Waals surface area contributed by atoms with Crippen molar-refractivity contribution in [2.75, 3.05) is 32.8 Å². The van der Waals surface area contributed by atoms with Crippen LogP contribution in [-0.4, -0.2) is 59.2 Å². The summed E-state index contributed by atoms with van der Waals surface area (Å²) in [7, 11) is 0. The van der Waals surface area contributed by atoms with Gasteiger partial charge in [-0.1, -0.05) is 29.8 Å². The fourth-order valence-electron chi connectivity index (χ4n) is 3.67. The number of fused-ring (bicyclic) bond motifs is 1. The van der Waals surface area contributed by atoms with Gasteiger partial charge in [0.25, 0.3) is 5.91 Å². The van der Waals surface area contributed by atoms with Crippen molar-refractivity contribution in [3.63, 3.8) is 0 Å². The van der Waals surface area contributed by atoms with Gasteiger partial charge < -0.3 is 23.5 Å². The molecule has 0 unspecified atom stereocenters. The lowest BCUT2D eigenvalue weighted by atomic mass is 10.1. The smallest absolute Gasteiger partial charge is 0.409 e. The first-order chi connectivity index (χ1) is 14.1. The third kappa shape index (κ3) is 3.85. The van der Waals surface area contributed by atoms with Crippen LogP contribution >= 0.6 is 0 Å². The van der Waals surface area contributed by atoms with Crippen LogP contribution in [0.15, 0.2) is 47.1 Å². The predicted molar refractivity (Wildman–Crippen MR) is 109 cm³/mol. The van der Waals surface area contributed by atoms with Crippen molar-refractivity contribution in [3.8, 4) is 0 Å². The van der Waals surface area contributed by atoms with Gasteiger partial charge in [-0.25, -0.2) is 4.79 Å². The molecule has 2 amide bonds. The van der Waals surface area contributed by atoms with Gasteiger partial charge in [-0.2, -0.15) is 0 Å². The summed E-state index contributed by atoms with van der Waals surface area (Å²) in [5.74, 6) is -0.0491. The predicted octanol–water partition coefficient (Wildman–Crippen LogP) is 3.51. The number of carbonyl (C=O) groups excluding carboxylic acids is 2. The number of aromatic nitrogens is 1. The maximum Gasteiger partial charge on any atom is 0.409 e. The van der Waals surface area contributed by atoms with Gasteiger partial charge in [-0.05, 0) is 19.4 Å². The first-order valence-corrected chi connectivity index (χ1v) is 9.90. The molecule has 0 bridgehead atoms. The molecule has 0 radical (unpaired) electrons. The van der Waals surface area contributed by atoms with Crippen molar-refractivity contribution in [2.24, 2.45) is 0 Å². The fourth-order valence-corrected chi connectivity index (χ4v) is 3.67. The van der Waals surface area contributed by atoms with Gasteiger partial charge in [0.05, 0.1) is 18.4 Å². The number of carbonyl (C=O) groups is 2. The first-order valence-electron chi connectivity index (χ1n) is 9.90. The van der Waals surface area contributed by atoms with Gasteiger partial charge in [0.15, 0.2) is 5.58 Å². The zero-order chi connectivity index (χ0) is 20.4. The highest BCUT2D eigenvalue weighted by Gasteiger charge is 2.28. The topological polar surface area (TPSA) is 67.9 Å². The summed E-state index contributed by atoms with van der Waals surface area (Å²) in [6.45, 7) is 6.69. The van der Waals surface area contributed by atoms with Gasteiger partial charge in [0.1, 0.15) is 5.69 Å². The molecular weight excluding hydrogens is 370 g/mol. The molecule has 1 aromatic carbocycles. The monoisotopic (exact) mass is 395 g/mol. The van der Waals surface area contributed by atoms with Crippen LogP contribution in [0.5, 0.6) is 0 Å². The lowest BCUT2D eigenvalue weighted by Crippen LogP contribution is -2.51. The zero-order valence-corrected chi connectivity index (χ0v) is 16.8. The van der Waals surface area contributed by atoms with Crippen molar-refractivity contribution in [3.05, 3.63) is 59.5 Å². The fraction of sp³-hybridized carbons (Fsp3) is 0.364. The number of benzene rings is 1. The Hall–Kier alpha value is -3.22. The van der Waals surface area contributed by atoms with E-state index in [9.17, 15) is 9.59 Å². The van der Waals surface area contributed by atoms with Crippen molar-refractivity contribution in [2.45, 2.75) is 20.4 Å². The number of aryl methyl sites for hydroxylation is 1. The molecule has 4 rings (SSSR count). The molecule has 1 saturated heterocycles. The highest BCUT2D eigenvalue weighted by atomic mass is 16.6. The Bertz CT molecular complexity index is 1010. The lowest BCUT2D eigenvalue weighted by Gasteiger charge is -2.34. The Kier molecular flexibility index (Phi) is 5.29. The molecule has 29 heavy (non-hydrogen) atoms. The average Bonchev–Trinajstić information content (AvgIpc) is 3.32. The van der Waals surface area contributed by atoms with Crippen LogP contribution in [0.4, 0.5) is 4.79 Å². The molecule has 0 saturated carbocycles. The number of rotatable bonds is 4. The highest BCUT2D eigenvalue weighted by molar-refractivity contribution is 5.97. The Morgan fingerprint density at radius 3 is 2.41 bits per heavy atom. The minimum absolute atomic E-state index is 0.0491. The molecule has 0 N–H and O–H groups in total. The molecular formula is C22H25N3O4. The van der Waals surface area contributed by atoms with Crippen LogP contribution < -0.4 is 0 Å². The van der Waals surface area contributed by atoms with Crippen molar-refractivity contribution in [1.82, 2.24) is 14.4 Å². The Balaban J connectivity index is 1.54. The van der Waals surface area contributed by atoms with E-state index in [4.69, 9.17) is 9.15 Å². The Morgan fingerprint density at radius 1 is 1.03 bits per heavy atom. The lowest BCUT2D eigenvalue weighted by molar-refractivity contribution is 0.0563. The summed E-state index contributed by atoms with van der Waals surface area (Å²) >= 11 is 0. The number of amides is 2. The third-order valence-electron chi connectivity index (χ3n) is 5.30. The average molecular weight is 395 g/mol. The molecule has 0 aliphatic carbocycles. The van der Waals surface area contributed by atoms with Gasteiger partial charge in [-0.15, -0.1) is 0 Å². The van der Waals surface area contributed by atoms with Crippen molar-refractivity contribution < 1.29 is 18.7 Å². The second-order valence-corrected chi connectivity index (χ2v) is 7.25. The molecule has 152 valence electrons. The maximum atomic E-state index is 13.3. The molecule has 0 atom stereocenters. The normalized spacial score (nSPS) is 14.4. The standard InChI is InChI=1S/C22H25N3O4/c1-3-28-22(27)24-11-9-23(10-12-24)21(26)19-14-20-18(8-13-29-20)25(19)15-17-6-4-16(2)5-7-17/h4-8,13-14H,3,9-12,15H2,1-2H3. The molecule has 3 heterocycles. The van der Waals surface area contributed by atoms with E-state index in [1.807, 2.05) is 16.7 Å². The number of piperazine rings is 1. The van der Waals surface area contributed by atoms with Crippen LogP contribution in [0.3, 0.4) is 0 Å². The molecule has 3 aromatic rings. The SMILES string of the molecule is CCOC(=O)N1CCN(C(=O)c2cc3occc3n2Cc2ccc(C)cc2)CC1. The zero-order valence-electron chi connectivity index (χ0n) is 16.8. The largest absolute Gasteiger partial charge is 0.463 e.